The number of ether oxygens (including phenoxy) is 11. The van der Waals surface area contributed by atoms with Gasteiger partial charge in [0.2, 0.25) is 0 Å². The first kappa shape index (κ1) is 60.2. The van der Waals surface area contributed by atoms with Gasteiger partial charge in [-0.25, -0.2) is 19.7 Å². The van der Waals surface area contributed by atoms with Crippen LogP contribution in [0.4, 0.5) is 0 Å². The Morgan fingerprint density at radius 1 is 0.375 bits per heavy atom. The number of rotatable bonds is 29. The molecule has 0 aliphatic heterocycles. The summed E-state index contributed by atoms with van der Waals surface area (Å²) in [6.07, 6.45) is 1.55. The quantitative estimate of drug-likeness (QED) is 0.0248. The van der Waals surface area contributed by atoms with Crippen molar-refractivity contribution in [1.82, 2.24) is 15.0 Å². The van der Waals surface area contributed by atoms with Gasteiger partial charge in [-0.2, -0.15) is 0 Å². The van der Waals surface area contributed by atoms with Crippen LogP contribution in [0.5, 0.6) is 11.5 Å². The van der Waals surface area contributed by atoms with Gasteiger partial charge in [-0.15, -0.1) is 0 Å². The molecule has 0 fully saturated rings. The number of carbonyl (C=O) groups is 1. The first-order chi connectivity index (χ1) is 39.4. The fourth-order valence-corrected chi connectivity index (χ4v) is 8.60. The van der Waals surface area contributed by atoms with Gasteiger partial charge in [0.25, 0.3) is 0 Å². The topological polar surface area (TPSA) is 157 Å². The molecule has 0 amide bonds. The number of methoxy groups -OCH3 is 3. The van der Waals surface area contributed by atoms with Gasteiger partial charge in [0.15, 0.2) is 0 Å². The summed E-state index contributed by atoms with van der Waals surface area (Å²) in [5.41, 5.74) is 8.80. The van der Waals surface area contributed by atoms with Gasteiger partial charge in [0.05, 0.1) is 122 Å². The lowest BCUT2D eigenvalue weighted by Gasteiger charge is -2.13. The number of pyridine rings is 3. The van der Waals surface area contributed by atoms with E-state index in [9.17, 15) is 4.79 Å². The van der Waals surface area contributed by atoms with Crippen LogP contribution in [0.1, 0.15) is 21.6 Å². The van der Waals surface area contributed by atoms with Crippen LogP contribution in [-0.2, 0) is 42.6 Å². The maximum atomic E-state index is 10.7. The molecule has 0 saturated heterocycles. The zero-order valence-electron chi connectivity index (χ0n) is 46.6. The van der Waals surface area contributed by atoms with Crippen molar-refractivity contribution in [3.8, 4) is 34.0 Å². The van der Waals surface area contributed by atoms with E-state index in [1.165, 1.54) is 28.7 Å². The third-order valence-corrected chi connectivity index (χ3v) is 12.5. The van der Waals surface area contributed by atoms with Crippen LogP contribution in [0.3, 0.4) is 0 Å². The van der Waals surface area contributed by atoms with Crippen LogP contribution in [0.2, 0.25) is 0 Å². The largest absolute Gasteiger partial charge is 0.491 e. The van der Waals surface area contributed by atoms with E-state index in [1.54, 1.807) is 38.6 Å². The number of nitrogens with zero attached hydrogens (tertiary/aromatic N) is 3. The summed E-state index contributed by atoms with van der Waals surface area (Å²) in [5, 5.41) is 7.08. The van der Waals surface area contributed by atoms with E-state index in [4.69, 9.17) is 57.3 Å². The van der Waals surface area contributed by atoms with Crippen LogP contribution in [0, 0.1) is 13.8 Å². The van der Waals surface area contributed by atoms with Crippen LogP contribution < -0.4 is 9.47 Å². The minimum Gasteiger partial charge on any atom is -0.491 e. The van der Waals surface area contributed by atoms with E-state index in [0.29, 0.717) is 111 Å². The van der Waals surface area contributed by atoms with Gasteiger partial charge in [-0.05, 0) is 96.4 Å². The SMILES string of the molecule is COC(=O)c1ccccn1.COCCOCCOCCOCCOc1ccc(-c2nc3ccccc3c3ccccc23)c(C)c1.COCCOCCOCCOCCOc1ccc(-c2nc3ccccc3c3ccccc23)c(C)c1. The maximum Gasteiger partial charge on any atom is 0.356 e. The zero-order valence-corrected chi connectivity index (χ0v) is 46.6. The van der Waals surface area contributed by atoms with E-state index in [0.717, 1.165) is 66.9 Å². The number of aryl methyl sites for hydroxylation is 2. The number of aromatic nitrogens is 3. The molecule has 3 aromatic heterocycles. The standard InChI is InChI=1S/2C29H33NO5.C7H7NO2/c2*1-22-21-23(35-20-19-34-18-17-33-16-15-32-14-13-31-2)11-12-24(22)29-27-9-4-3-7-25(27)26-8-5-6-10-28(26)30-29;1-10-7(9)6-4-2-3-5-8-6/h2*3-12,21H,13-20H2,1-2H3;2-5H,1H3. The number of benzene rings is 6. The second-order valence-electron chi connectivity index (χ2n) is 18.1. The third kappa shape index (κ3) is 18.3. The third-order valence-electron chi connectivity index (χ3n) is 12.5. The van der Waals surface area contributed by atoms with Crippen molar-refractivity contribution < 1.29 is 56.9 Å². The Labute approximate surface area is 468 Å². The first-order valence-electron chi connectivity index (χ1n) is 26.9. The number of fused-ring (bicyclic) bond motifs is 6. The van der Waals surface area contributed by atoms with Crippen LogP contribution in [0.15, 0.2) is 158 Å². The monoisotopic (exact) mass is 1090 g/mol. The highest BCUT2D eigenvalue weighted by molar-refractivity contribution is 6.12. The van der Waals surface area contributed by atoms with Crippen molar-refractivity contribution in [1.29, 1.82) is 0 Å². The number of hydrogen-bond donors (Lipinski definition) is 0. The van der Waals surface area contributed by atoms with Crippen LogP contribution in [-0.4, -0.2) is 148 Å². The Morgan fingerprint density at radius 3 is 1.09 bits per heavy atom. The average molecular weight is 1090 g/mol. The fraction of sp³-hybridized carbons (Fsp3) is 0.323. The van der Waals surface area contributed by atoms with Gasteiger partial charge in [-0.1, -0.05) is 91.0 Å². The molecular weight excluding hydrogens is 1010 g/mol. The molecule has 0 unspecified atom stereocenters. The molecule has 0 aliphatic carbocycles. The molecule has 0 saturated carbocycles. The van der Waals surface area contributed by atoms with Gasteiger partial charge < -0.3 is 52.1 Å². The predicted molar refractivity (Wildman–Crippen MR) is 314 cm³/mol. The van der Waals surface area contributed by atoms with Gasteiger partial charge in [-0.3, -0.25) is 0 Å². The molecule has 0 atom stereocenters. The summed E-state index contributed by atoms with van der Waals surface area (Å²) < 4.78 is 58.9. The Balaban J connectivity index is 0.000000197. The van der Waals surface area contributed by atoms with Gasteiger partial charge in [0.1, 0.15) is 30.4 Å². The second-order valence-corrected chi connectivity index (χ2v) is 18.1. The highest BCUT2D eigenvalue weighted by atomic mass is 16.6. The molecule has 0 aliphatic rings. The summed E-state index contributed by atoms with van der Waals surface area (Å²) in [6.45, 7) is 12.9. The summed E-state index contributed by atoms with van der Waals surface area (Å²) in [6, 6.07) is 50.9. The molecule has 3 heterocycles. The molecule has 9 aromatic rings. The Hall–Kier alpha value is -7.44. The molecule has 15 nitrogen and oxygen atoms in total. The molecule has 0 spiro atoms. The maximum absolute atomic E-state index is 10.7. The molecule has 0 bridgehead atoms. The summed E-state index contributed by atoms with van der Waals surface area (Å²) in [5.74, 6) is 1.24. The highest BCUT2D eigenvalue weighted by Crippen LogP contribution is 2.36. The number of hydrogen-bond acceptors (Lipinski definition) is 15. The molecule has 9 rings (SSSR count). The molecule has 0 radical (unpaired) electrons. The van der Waals surface area contributed by atoms with E-state index in [2.05, 4.69) is 133 Å². The molecule has 420 valence electrons. The molecule has 0 N–H and O–H groups in total. The van der Waals surface area contributed by atoms with Crippen molar-refractivity contribution in [3.05, 3.63) is 175 Å². The highest BCUT2D eigenvalue weighted by Gasteiger charge is 2.15. The van der Waals surface area contributed by atoms with E-state index in [-0.39, 0.29) is 0 Å². The smallest absolute Gasteiger partial charge is 0.356 e. The van der Waals surface area contributed by atoms with Crippen LogP contribution >= 0.6 is 0 Å². The predicted octanol–water partition coefficient (Wildman–Crippen LogP) is 11.7. The first-order valence-corrected chi connectivity index (χ1v) is 26.9. The lowest BCUT2D eigenvalue weighted by atomic mass is 9.97. The van der Waals surface area contributed by atoms with Gasteiger partial charge >= 0.3 is 5.97 Å². The lowest BCUT2D eigenvalue weighted by Crippen LogP contribution is -2.13. The normalized spacial score (nSPS) is 11.1. The van der Waals surface area contributed by atoms with E-state index in [1.807, 2.05) is 24.3 Å². The molecular formula is C65H73N3O12. The van der Waals surface area contributed by atoms with Crippen LogP contribution in [0.25, 0.3) is 65.9 Å². The minimum absolute atomic E-state index is 0.338. The number of para-hydroxylation sites is 2. The Bertz CT molecular complexity index is 3090. The number of esters is 1. The molecule has 80 heavy (non-hydrogen) atoms. The van der Waals surface area contributed by atoms with Crippen molar-refractivity contribution in [2.24, 2.45) is 0 Å². The van der Waals surface area contributed by atoms with Gasteiger partial charge in [0, 0.05) is 53.1 Å². The summed E-state index contributed by atoms with van der Waals surface area (Å²) in [7, 11) is 4.64. The molecule has 6 aromatic carbocycles. The zero-order chi connectivity index (χ0) is 56.0. The lowest BCUT2D eigenvalue weighted by molar-refractivity contribution is 0.000163. The summed E-state index contributed by atoms with van der Waals surface area (Å²) >= 11 is 0. The van der Waals surface area contributed by atoms with E-state index < -0.39 is 5.97 Å². The minimum atomic E-state index is -0.402. The second kappa shape index (κ2) is 33.9. The molecule has 15 heteroatoms. The van der Waals surface area contributed by atoms with Crippen molar-refractivity contribution in [3.63, 3.8) is 0 Å². The number of carbonyl (C=O) groups excluding carboxylic acids is 1. The Kier molecular flexibility index (Phi) is 25.5. The Morgan fingerprint density at radius 2 is 0.725 bits per heavy atom. The van der Waals surface area contributed by atoms with Crippen molar-refractivity contribution in [2.75, 3.05) is 127 Å². The van der Waals surface area contributed by atoms with Crippen molar-refractivity contribution in [2.45, 2.75) is 13.8 Å². The van der Waals surface area contributed by atoms with Crippen molar-refractivity contribution >= 4 is 49.3 Å². The van der Waals surface area contributed by atoms with E-state index >= 15 is 0 Å². The fourth-order valence-electron chi connectivity index (χ4n) is 8.60. The summed E-state index contributed by atoms with van der Waals surface area (Å²) in [4.78, 5) is 24.5. The average Bonchev–Trinajstić information content (AvgIpc) is 3.61.